The van der Waals surface area contributed by atoms with E-state index in [9.17, 15) is 18.0 Å². The van der Waals surface area contributed by atoms with E-state index in [0.717, 1.165) is 12.1 Å². The molecule has 0 saturated heterocycles. The van der Waals surface area contributed by atoms with Crippen LogP contribution in [0.3, 0.4) is 0 Å². The van der Waals surface area contributed by atoms with Gasteiger partial charge in [-0.2, -0.15) is 13.2 Å². The van der Waals surface area contributed by atoms with Crippen molar-refractivity contribution < 1.29 is 22.7 Å². The van der Waals surface area contributed by atoms with E-state index in [1.807, 2.05) is 0 Å². The summed E-state index contributed by atoms with van der Waals surface area (Å²) in [6.45, 7) is 2.13. The summed E-state index contributed by atoms with van der Waals surface area (Å²) < 4.78 is 43.7. The molecule has 0 radical (unpaired) electrons. The minimum Gasteiger partial charge on any atom is -0.486 e. The molecular weight excluding hydrogens is 437 g/mol. The fraction of sp³-hybridized carbons (Fsp3) is 0.238. The number of aryl methyl sites for hydroxylation is 1. The average Bonchev–Trinajstić information content (AvgIpc) is 3.07. The van der Waals surface area contributed by atoms with E-state index in [1.54, 1.807) is 38.2 Å². The number of alkyl halides is 3. The third-order valence-corrected chi connectivity index (χ3v) is 5.63. The lowest BCUT2D eigenvalue weighted by molar-refractivity contribution is -0.137. The highest BCUT2D eigenvalue weighted by Gasteiger charge is 2.30. The Balaban J connectivity index is 1.63. The summed E-state index contributed by atoms with van der Waals surface area (Å²) in [6.07, 6.45) is -4.38. The highest BCUT2D eigenvalue weighted by Crippen LogP contribution is 2.29. The lowest BCUT2D eigenvalue weighted by atomic mass is 10.1. The minimum absolute atomic E-state index is 0.185. The maximum Gasteiger partial charge on any atom is 0.416 e. The van der Waals surface area contributed by atoms with Gasteiger partial charge in [-0.1, -0.05) is 23.7 Å². The molecule has 3 aromatic rings. The van der Waals surface area contributed by atoms with Gasteiger partial charge in [-0.25, -0.2) is 4.98 Å². The number of halogens is 4. The van der Waals surface area contributed by atoms with E-state index in [2.05, 4.69) is 4.98 Å². The SMILES string of the molecule is Cc1nc(COc2ccc(Cl)cc2)sc1C(=O)N(C)Cc1ccc(C(F)(F)F)cc1. The molecule has 0 N–H and O–H groups in total. The van der Waals surface area contributed by atoms with Crippen LogP contribution in [0.25, 0.3) is 0 Å². The van der Waals surface area contributed by atoms with Crippen LogP contribution in [0.15, 0.2) is 48.5 Å². The van der Waals surface area contributed by atoms with E-state index in [0.29, 0.717) is 31.9 Å². The monoisotopic (exact) mass is 454 g/mol. The number of benzene rings is 2. The molecule has 0 spiro atoms. The first-order chi connectivity index (χ1) is 14.1. The van der Waals surface area contributed by atoms with Gasteiger partial charge < -0.3 is 9.64 Å². The number of ether oxygens (including phenoxy) is 1. The van der Waals surface area contributed by atoms with Crippen LogP contribution in [0, 0.1) is 6.92 Å². The standard InChI is InChI=1S/C21H18ClF3N2O2S/c1-13-19(30-18(26-13)12-29-17-9-7-16(22)8-10-17)20(28)27(2)11-14-3-5-15(6-4-14)21(23,24)25/h3-10H,11-12H2,1-2H3. The van der Waals surface area contributed by atoms with Crippen molar-refractivity contribution >= 4 is 28.8 Å². The largest absolute Gasteiger partial charge is 0.486 e. The van der Waals surface area contributed by atoms with Crippen LogP contribution in [-0.2, 0) is 19.3 Å². The smallest absolute Gasteiger partial charge is 0.416 e. The van der Waals surface area contributed by atoms with Crippen LogP contribution >= 0.6 is 22.9 Å². The fourth-order valence-corrected chi connectivity index (χ4v) is 3.81. The van der Waals surface area contributed by atoms with Crippen LogP contribution in [0.2, 0.25) is 5.02 Å². The number of hydrogen-bond acceptors (Lipinski definition) is 4. The Bertz CT molecular complexity index is 1020. The Labute approximate surface area is 180 Å². The number of nitrogens with zero attached hydrogens (tertiary/aromatic N) is 2. The molecule has 1 aromatic heterocycles. The van der Waals surface area contributed by atoms with Crippen LogP contribution in [0.1, 0.15) is 31.5 Å². The Kier molecular flexibility index (Phi) is 6.67. The summed E-state index contributed by atoms with van der Waals surface area (Å²) in [5.41, 5.74) is 0.468. The van der Waals surface area contributed by atoms with Crippen LogP contribution in [0.5, 0.6) is 5.75 Å². The minimum atomic E-state index is -4.38. The summed E-state index contributed by atoms with van der Waals surface area (Å²) in [4.78, 5) is 19.1. The maximum atomic E-state index is 12.8. The Morgan fingerprint density at radius 2 is 1.77 bits per heavy atom. The molecule has 4 nitrogen and oxygen atoms in total. The molecule has 0 aliphatic carbocycles. The van der Waals surface area contributed by atoms with Gasteiger partial charge in [-0.15, -0.1) is 11.3 Å². The quantitative estimate of drug-likeness (QED) is 0.460. The third kappa shape index (κ3) is 5.52. The Hall–Kier alpha value is -2.58. The number of carbonyl (C=O) groups excluding carboxylic acids is 1. The van der Waals surface area contributed by atoms with Crippen molar-refractivity contribution in [3.05, 3.63) is 80.3 Å². The van der Waals surface area contributed by atoms with Crippen molar-refractivity contribution in [1.29, 1.82) is 0 Å². The lowest BCUT2D eigenvalue weighted by Crippen LogP contribution is -2.26. The van der Waals surface area contributed by atoms with Gasteiger partial charge in [0.1, 0.15) is 22.2 Å². The number of aromatic nitrogens is 1. The van der Waals surface area contributed by atoms with Crippen LogP contribution < -0.4 is 4.74 Å². The van der Waals surface area contributed by atoms with Gasteiger partial charge in [0, 0.05) is 18.6 Å². The topological polar surface area (TPSA) is 42.4 Å². The van der Waals surface area contributed by atoms with Crippen molar-refractivity contribution in [3.8, 4) is 5.75 Å². The zero-order chi connectivity index (χ0) is 21.9. The number of hydrogen-bond donors (Lipinski definition) is 0. The molecule has 0 atom stereocenters. The predicted octanol–water partition coefficient (Wildman–Crippen LogP) is 5.97. The van der Waals surface area contributed by atoms with Gasteiger partial charge in [0.25, 0.3) is 5.91 Å². The number of carbonyl (C=O) groups is 1. The third-order valence-electron chi connectivity index (χ3n) is 4.26. The maximum absolute atomic E-state index is 12.8. The molecule has 0 aliphatic rings. The van der Waals surface area contributed by atoms with E-state index < -0.39 is 11.7 Å². The zero-order valence-electron chi connectivity index (χ0n) is 16.2. The molecule has 0 fully saturated rings. The highest BCUT2D eigenvalue weighted by atomic mass is 35.5. The van der Waals surface area contributed by atoms with Crippen molar-refractivity contribution in [2.24, 2.45) is 0 Å². The molecule has 0 unspecified atom stereocenters. The zero-order valence-corrected chi connectivity index (χ0v) is 17.7. The second kappa shape index (κ2) is 9.06. The Morgan fingerprint density at radius 1 is 1.13 bits per heavy atom. The molecule has 0 bridgehead atoms. The number of amides is 1. The Morgan fingerprint density at radius 3 is 2.37 bits per heavy atom. The van der Waals surface area contributed by atoms with Gasteiger partial charge in [0.05, 0.1) is 11.3 Å². The summed E-state index contributed by atoms with van der Waals surface area (Å²) in [5.74, 6) is 0.391. The molecule has 30 heavy (non-hydrogen) atoms. The van der Waals surface area contributed by atoms with Gasteiger partial charge in [0.15, 0.2) is 0 Å². The predicted molar refractivity (Wildman–Crippen MR) is 110 cm³/mol. The molecule has 1 amide bonds. The molecule has 2 aromatic carbocycles. The summed E-state index contributed by atoms with van der Waals surface area (Å²) >= 11 is 7.08. The molecule has 0 saturated carbocycles. The van der Waals surface area contributed by atoms with E-state index >= 15 is 0 Å². The number of rotatable bonds is 6. The van der Waals surface area contributed by atoms with E-state index in [4.69, 9.17) is 16.3 Å². The lowest BCUT2D eigenvalue weighted by Gasteiger charge is -2.17. The van der Waals surface area contributed by atoms with Gasteiger partial charge >= 0.3 is 6.18 Å². The van der Waals surface area contributed by atoms with Crippen LogP contribution in [0.4, 0.5) is 13.2 Å². The van der Waals surface area contributed by atoms with Gasteiger partial charge in [-0.3, -0.25) is 4.79 Å². The second-order valence-corrected chi connectivity index (χ2v) is 8.14. The van der Waals surface area contributed by atoms with Gasteiger partial charge in [0.2, 0.25) is 0 Å². The average molecular weight is 455 g/mol. The van der Waals surface area contributed by atoms with Crippen LogP contribution in [-0.4, -0.2) is 22.8 Å². The first-order valence-electron chi connectivity index (χ1n) is 8.90. The molecule has 0 aliphatic heterocycles. The summed E-state index contributed by atoms with van der Waals surface area (Å²) in [6, 6.07) is 11.7. The first-order valence-corrected chi connectivity index (χ1v) is 10.1. The first kappa shape index (κ1) is 22.1. The molecule has 1 heterocycles. The van der Waals surface area contributed by atoms with E-state index in [1.165, 1.54) is 28.4 Å². The normalized spacial score (nSPS) is 11.4. The molecular formula is C21H18ClF3N2O2S. The molecule has 9 heteroatoms. The summed E-state index contributed by atoms with van der Waals surface area (Å²) in [5, 5.41) is 1.25. The molecule has 158 valence electrons. The van der Waals surface area contributed by atoms with Crippen molar-refractivity contribution in [1.82, 2.24) is 9.88 Å². The number of thiazole rings is 1. The van der Waals surface area contributed by atoms with E-state index in [-0.39, 0.29) is 19.1 Å². The summed E-state index contributed by atoms with van der Waals surface area (Å²) in [7, 11) is 1.60. The van der Waals surface area contributed by atoms with Crippen molar-refractivity contribution in [2.45, 2.75) is 26.3 Å². The highest BCUT2D eigenvalue weighted by molar-refractivity contribution is 7.13. The van der Waals surface area contributed by atoms with Crippen molar-refractivity contribution in [3.63, 3.8) is 0 Å². The second-order valence-electron chi connectivity index (χ2n) is 6.62. The fourth-order valence-electron chi connectivity index (χ4n) is 2.71. The molecule has 3 rings (SSSR count). The van der Waals surface area contributed by atoms with Crippen molar-refractivity contribution in [2.75, 3.05) is 7.05 Å². The van der Waals surface area contributed by atoms with Gasteiger partial charge in [-0.05, 0) is 48.9 Å².